The minimum atomic E-state index is -0.990. The van der Waals surface area contributed by atoms with Crippen molar-refractivity contribution in [2.45, 2.75) is 96.2 Å². The van der Waals surface area contributed by atoms with E-state index < -0.39 is 29.4 Å². The zero-order valence-electron chi connectivity index (χ0n) is 35.1. The number of likely N-dealkylation sites (tertiary alicyclic amines) is 2. The number of aromatic nitrogens is 5. The highest BCUT2D eigenvalue weighted by molar-refractivity contribution is 6.05. The van der Waals surface area contributed by atoms with Crippen molar-refractivity contribution in [1.29, 1.82) is 0 Å². The van der Waals surface area contributed by atoms with Crippen molar-refractivity contribution in [1.82, 2.24) is 39.4 Å². The quantitative estimate of drug-likeness (QED) is 0.182. The van der Waals surface area contributed by atoms with E-state index in [1.54, 1.807) is 23.0 Å². The molecule has 61 heavy (non-hydrogen) atoms. The summed E-state index contributed by atoms with van der Waals surface area (Å²) in [5, 5.41) is 9.76. The number of nitrogens with one attached hydrogen (secondary N) is 2. The molecule has 3 fully saturated rings. The minimum absolute atomic E-state index is 0.0454. The third-order valence-corrected chi connectivity index (χ3v) is 13.2. The van der Waals surface area contributed by atoms with Gasteiger partial charge in [-0.2, -0.15) is 5.10 Å². The Morgan fingerprint density at radius 2 is 1.66 bits per heavy atom. The highest BCUT2D eigenvalue weighted by Crippen LogP contribution is 2.36. The van der Waals surface area contributed by atoms with E-state index >= 15 is 8.78 Å². The lowest BCUT2D eigenvalue weighted by Crippen LogP contribution is -2.47. The monoisotopic (exact) mass is 833 g/mol. The number of aryl methyl sites for hydroxylation is 2. The molecule has 2 bridgehead atoms. The van der Waals surface area contributed by atoms with Crippen LogP contribution in [0.25, 0.3) is 22.3 Å². The van der Waals surface area contributed by atoms with Gasteiger partial charge in [-0.25, -0.2) is 18.4 Å². The molecule has 3 amide bonds. The van der Waals surface area contributed by atoms with Crippen LogP contribution in [0.2, 0.25) is 0 Å². The smallest absolute Gasteiger partial charge is 0.258 e. The average Bonchev–Trinajstić information content (AvgIpc) is 3.77. The van der Waals surface area contributed by atoms with Gasteiger partial charge in [0.15, 0.2) is 0 Å². The van der Waals surface area contributed by atoms with E-state index in [2.05, 4.69) is 55.2 Å². The van der Waals surface area contributed by atoms with E-state index in [-0.39, 0.29) is 30.2 Å². The molecule has 9 rings (SSSR count). The molecular formula is C46H53F2N9O4. The number of carbonyl (C=O) groups excluding carboxylic acids is 3. The number of carbonyl (C=O) groups is 3. The molecule has 0 saturated carbocycles. The summed E-state index contributed by atoms with van der Waals surface area (Å²) in [6, 6.07) is 13.2. The minimum Gasteiger partial charge on any atom is -0.477 e. The standard InChI is InChI=1S/C46H53F2N9O4/c1-27-5-4-18-61-45-35(24-49-54(45)3)39-23-32(19-28(2)50-39)43(59)53-46-51-38-8-6-29(20-40(38)57(46)25-27)26-55-14-12-33(13-15-55)56-16-10-30(11-17-56)31-21-36(47)42(37(48)22-31)34-7-9-41(58)52-44(34)60/h6,8,19-24,27,30,33-34H,4-5,7,9-18,25-26H2,1-3H3,(H,51,53,59)(H,52,58,60)/t27-,34-/m1/s1. The molecule has 4 aliphatic heterocycles. The van der Waals surface area contributed by atoms with Crippen molar-refractivity contribution >= 4 is 34.7 Å². The molecule has 7 heterocycles. The molecule has 3 aromatic heterocycles. The first kappa shape index (κ1) is 40.8. The van der Waals surface area contributed by atoms with Crippen LogP contribution in [-0.2, 0) is 29.7 Å². The van der Waals surface area contributed by atoms with Gasteiger partial charge in [0, 0.05) is 49.4 Å². The maximum Gasteiger partial charge on any atom is 0.258 e. The van der Waals surface area contributed by atoms with Crippen molar-refractivity contribution in [2.24, 2.45) is 13.0 Å². The highest BCUT2D eigenvalue weighted by Gasteiger charge is 2.34. The SMILES string of the molecule is Cc1cc2cc(n1)-c1cnn(C)c1OCCC[C@@H](C)Cn1c(nc3ccc(CN4CCC(N5CCC(c6cc(F)c([C@H]7CCC(=O)NC7=O)c(F)c6)CC5)CC4)cc31)NC2=O. The second kappa shape index (κ2) is 17.1. The Balaban J connectivity index is 0.841. The molecule has 320 valence electrons. The van der Waals surface area contributed by atoms with E-state index in [0.717, 1.165) is 87.8 Å². The fourth-order valence-corrected chi connectivity index (χ4v) is 9.88. The Morgan fingerprint density at radius 3 is 2.41 bits per heavy atom. The van der Waals surface area contributed by atoms with Gasteiger partial charge in [-0.15, -0.1) is 0 Å². The van der Waals surface area contributed by atoms with Crippen LogP contribution in [0.3, 0.4) is 0 Å². The number of hydrogen-bond acceptors (Lipinski definition) is 9. The number of benzene rings is 2. The molecule has 5 aromatic rings. The maximum atomic E-state index is 15.3. The van der Waals surface area contributed by atoms with Crippen LogP contribution in [-0.4, -0.2) is 90.7 Å². The van der Waals surface area contributed by atoms with Gasteiger partial charge in [-0.05, 0) is 137 Å². The number of anilines is 1. The Labute approximate surface area is 353 Å². The summed E-state index contributed by atoms with van der Waals surface area (Å²) >= 11 is 0. The summed E-state index contributed by atoms with van der Waals surface area (Å²) in [6.07, 6.45) is 7.41. The van der Waals surface area contributed by atoms with Crippen molar-refractivity contribution < 1.29 is 27.9 Å². The number of nitrogens with zero attached hydrogens (tertiary/aromatic N) is 7. The first-order valence-electron chi connectivity index (χ1n) is 21.7. The summed E-state index contributed by atoms with van der Waals surface area (Å²) in [7, 11) is 1.85. The van der Waals surface area contributed by atoms with E-state index in [4.69, 9.17) is 14.7 Å². The second-order valence-corrected chi connectivity index (χ2v) is 17.5. The van der Waals surface area contributed by atoms with Gasteiger partial charge in [0.2, 0.25) is 23.6 Å². The Bertz CT molecular complexity index is 2460. The number of pyridine rings is 1. The molecular weight excluding hydrogens is 781 g/mol. The summed E-state index contributed by atoms with van der Waals surface area (Å²) in [5.74, 6) is -2.22. The largest absolute Gasteiger partial charge is 0.477 e. The molecule has 0 radical (unpaired) electrons. The number of piperidine rings is 3. The Hall–Kier alpha value is -5.54. The number of halogens is 2. The predicted molar refractivity (Wildman–Crippen MR) is 226 cm³/mol. The van der Waals surface area contributed by atoms with E-state index in [0.29, 0.717) is 59.5 Å². The zero-order valence-corrected chi connectivity index (χ0v) is 35.1. The number of ether oxygens (including phenoxy) is 1. The number of imide groups is 1. The van der Waals surface area contributed by atoms with Crippen LogP contribution < -0.4 is 15.4 Å². The lowest BCUT2D eigenvalue weighted by Gasteiger charge is -2.42. The number of rotatable bonds is 5. The van der Waals surface area contributed by atoms with Crippen LogP contribution in [0.5, 0.6) is 5.88 Å². The lowest BCUT2D eigenvalue weighted by molar-refractivity contribution is -0.134. The van der Waals surface area contributed by atoms with Crippen molar-refractivity contribution in [3.63, 3.8) is 0 Å². The lowest BCUT2D eigenvalue weighted by atomic mass is 9.84. The third kappa shape index (κ3) is 8.54. The third-order valence-electron chi connectivity index (χ3n) is 13.2. The van der Waals surface area contributed by atoms with Crippen LogP contribution in [0, 0.1) is 24.5 Å². The number of amides is 3. The van der Waals surface area contributed by atoms with Crippen molar-refractivity contribution in [3.05, 3.63) is 88.2 Å². The number of imidazole rings is 1. The molecule has 4 aliphatic rings. The molecule has 2 N–H and O–H groups in total. The first-order chi connectivity index (χ1) is 29.5. The fraction of sp³-hybridized carbons (Fsp3) is 0.478. The maximum absolute atomic E-state index is 15.3. The molecule has 13 nitrogen and oxygen atoms in total. The molecule has 2 aromatic carbocycles. The van der Waals surface area contributed by atoms with Crippen LogP contribution >= 0.6 is 0 Å². The number of hydrogen-bond donors (Lipinski definition) is 2. The Morgan fingerprint density at radius 1 is 0.885 bits per heavy atom. The van der Waals surface area contributed by atoms with Gasteiger partial charge in [0.25, 0.3) is 5.91 Å². The Kier molecular flexibility index (Phi) is 11.4. The highest BCUT2D eigenvalue weighted by atomic mass is 19.1. The van der Waals surface area contributed by atoms with E-state index in [1.165, 1.54) is 17.7 Å². The first-order valence-corrected chi connectivity index (χ1v) is 21.7. The second-order valence-electron chi connectivity index (χ2n) is 17.5. The topological polar surface area (TPSA) is 140 Å². The van der Waals surface area contributed by atoms with Gasteiger partial charge in [-0.3, -0.25) is 34.9 Å². The van der Waals surface area contributed by atoms with E-state index in [9.17, 15) is 14.4 Å². The van der Waals surface area contributed by atoms with Gasteiger partial charge in [-0.1, -0.05) is 13.0 Å². The van der Waals surface area contributed by atoms with Gasteiger partial charge >= 0.3 is 0 Å². The molecule has 2 atom stereocenters. The molecule has 0 unspecified atom stereocenters. The predicted octanol–water partition coefficient (Wildman–Crippen LogP) is 6.84. The summed E-state index contributed by atoms with van der Waals surface area (Å²) < 4.78 is 40.7. The van der Waals surface area contributed by atoms with Crippen molar-refractivity contribution in [3.8, 4) is 17.1 Å². The summed E-state index contributed by atoms with van der Waals surface area (Å²) in [6.45, 7) is 9.80. The molecule has 0 spiro atoms. The average molecular weight is 834 g/mol. The summed E-state index contributed by atoms with van der Waals surface area (Å²) in [5.41, 5.74) is 6.00. The molecule has 0 aliphatic carbocycles. The van der Waals surface area contributed by atoms with Crippen LogP contribution in [0.4, 0.5) is 14.7 Å². The number of fused-ring (bicyclic) bond motifs is 7. The van der Waals surface area contributed by atoms with Gasteiger partial charge in [0.1, 0.15) is 11.6 Å². The van der Waals surface area contributed by atoms with E-state index in [1.807, 2.05) is 14.0 Å². The molecule has 3 saturated heterocycles. The van der Waals surface area contributed by atoms with Crippen LogP contribution in [0.15, 0.2) is 48.7 Å². The van der Waals surface area contributed by atoms with Gasteiger partial charge < -0.3 is 14.2 Å². The van der Waals surface area contributed by atoms with Crippen molar-refractivity contribution in [2.75, 3.05) is 38.1 Å². The normalized spacial score (nSPS) is 21.6. The van der Waals surface area contributed by atoms with Crippen LogP contribution in [0.1, 0.15) is 103 Å². The summed E-state index contributed by atoms with van der Waals surface area (Å²) in [4.78, 5) is 52.5. The van der Waals surface area contributed by atoms with Gasteiger partial charge in [0.05, 0.1) is 41.0 Å². The molecule has 15 heteroatoms. The fourth-order valence-electron chi connectivity index (χ4n) is 9.88. The zero-order chi connectivity index (χ0) is 42.4.